The van der Waals surface area contributed by atoms with Crippen molar-refractivity contribution in [2.24, 2.45) is 0 Å². The zero-order valence-electron chi connectivity index (χ0n) is 21.4. The number of esters is 1. The van der Waals surface area contributed by atoms with Crippen LogP contribution in [0.4, 0.5) is 5.00 Å². The first-order chi connectivity index (χ1) is 18.1. The van der Waals surface area contributed by atoms with Crippen molar-refractivity contribution in [3.05, 3.63) is 81.7 Å². The lowest BCUT2D eigenvalue weighted by Gasteiger charge is -2.12. The van der Waals surface area contributed by atoms with Crippen molar-refractivity contribution in [1.82, 2.24) is 4.98 Å². The van der Waals surface area contributed by atoms with Gasteiger partial charge in [-0.3, -0.25) is 4.79 Å². The molecule has 1 aliphatic carbocycles. The smallest absolute Gasteiger partial charge is 0.341 e. The van der Waals surface area contributed by atoms with E-state index in [0.717, 1.165) is 72.7 Å². The Morgan fingerprint density at radius 2 is 1.76 bits per heavy atom. The number of carbonyl (C=O) groups is 2. The number of para-hydroxylation sites is 1. The number of fused-ring (bicyclic) bond motifs is 2. The van der Waals surface area contributed by atoms with Crippen LogP contribution in [-0.2, 0) is 24.0 Å². The van der Waals surface area contributed by atoms with E-state index in [2.05, 4.69) is 36.5 Å². The van der Waals surface area contributed by atoms with Crippen LogP contribution in [0, 0.1) is 0 Å². The highest BCUT2D eigenvalue weighted by molar-refractivity contribution is 7.17. The molecule has 0 aliphatic heterocycles. The van der Waals surface area contributed by atoms with Crippen molar-refractivity contribution < 1.29 is 14.3 Å². The quantitative estimate of drug-likeness (QED) is 0.270. The number of thiophene rings is 1. The minimum absolute atomic E-state index is 0.248. The van der Waals surface area contributed by atoms with E-state index >= 15 is 0 Å². The molecule has 37 heavy (non-hydrogen) atoms. The number of hydrogen-bond donors (Lipinski definition) is 1. The third-order valence-electron chi connectivity index (χ3n) is 7.04. The van der Waals surface area contributed by atoms with Crippen molar-refractivity contribution >= 4 is 39.1 Å². The Hall–Kier alpha value is -3.51. The maximum absolute atomic E-state index is 13.8. The standard InChI is InChI=1S/C31H32N2O3S/c1-3-10-20-15-17-21(18-16-20)26-19-24(22-11-8-9-13-25(22)32-26)29(34)33-30-28(31(35)36-2)23-12-6-4-5-7-14-27(23)37-30/h8-9,11,13,15-19H,3-7,10,12,14H2,1-2H3,(H,33,34). The molecule has 5 nitrogen and oxygen atoms in total. The molecule has 2 heterocycles. The Morgan fingerprint density at radius 1 is 1.00 bits per heavy atom. The number of nitrogens with zero attached hydrogens (tertiary/aromatic N) is 1. The largest absolute Gasteiger partial charge is 0.465 e. The van der Waals surface area contributed by atoms with Crippen molar-refractivity contribution in [3.8, 4) is 11.3 Å². The second kappa shape index (κ2) is 11.3. The second-order valence-electron chi connectivity index (χ2n) is 9.59. The predicted molar refractivity (Wildman–Crippen MR) is 151 cm³/mol. The number of aromatic nitrogens is 1. The topological polar surface area (TPSA) is 68.3 Å². The van der Waals surface area contributed by atoms with Gasteiger partial charge >= 0.3 is 5.97 Å². The molecule has 4 aromatic rings. The van der Waals surface area contributed by atoms with Gasteiger partial charge in [0.1, 0.15) is 5.00 Å². The van der Waals surface area contributed by atoms with Crippen LogP contribution in [0.1, 0.15) is 75.7 Å². The SMILES string of the molecule is CCCc1ccc(-c2cc(C(=O)Nc3sc4c(c3C(=O)OC)CCCCCC4)c3ccccc3n2)cc1. The zero-order chi connectivity index (χ0) is 25.8. The van der Waals surface area contributed by atoms with E-state index in [4.69, 9.17) is 9.72 Å². The van der Waals surface area contributed by atoms with Gasteiger partial charge in [0.2, 0.25) is 0 Å². The molecule has 0 fully saturated rings. The van der Waals surface area contributed by atoms with Gasteiger partial charge in [-0.25, -0.2) is 9.78 Å². The number of anilines is 1. The van der Waals surface area contributed by atoms with Gasteiger partial charge in [-0.15, -0.1) is 11.3 Å². The van der Waals surface area contributed by atoms with Crippen LogP contribution in [0.25, 0.3) is 22.2 Å². The van der Waals surface area contributed by atoms with Crippen LogP contribution in [0.15, 0.2) is 54.6 Å². The number of methoxy groups -OCH3 is 1. The van der Waals surface area contributed by atoms with E-state index in [-0.39, 0.29) is 11.9 Å². The fourth-order valence-corrected chi connectivity index (χ4v) is 6.41. The van der Waals surface area contributed by atoms with Gasteiger partial charge in [0.25, 0.3) is 5.91 Å². The van der Waals surface area contributed by atoms with Gasteiger partial charge in [-0.2, -0.15) is 0 Å². The van der Waals surface area contributed by atoms with E-state index in [0.29, 0.717) is 16.1 Å². The molecule has 0 radical (unpaired) electrons. The lowest BCUT2D eigenvalue weighted by atomic mass is 9.96. The number of ether oxygens (including phenoxy) is 1. The first kappa shape index (κ1) is 25.2. The molecule has 0 saturated heterocycles. The highest BCUT2D eigenvalue weighted by Gasteiger charge is 2.26. The van der Waals surface area contributed by atoms with Crippen LogP contribution in [0.5, 0.6) is 0 Å². The number of aryl methyl sites for hydroxylation is 2. The molecule has 0 atom stereocenters. The van der Waals surface area contributed by atoms with E-state index in [1.807, 2.05) is 30.3 Å². The second-order valence-corrected chi connectivity index (χ2v) is 10.7. The summed E-state index contributed by atoms with van der Waals surface area (Å²) in [7, 11) is 1.40. The highest BCUT2D eigenvalue weighted by atomic mass is 32.1. The number of amides is 1. The summed E-state index contributed by atoms with van der Waals surface area (Å²) in [5.41, 5.74) is 5.85. The van der Waals surface area contributed by atoms with Crippen molar-refractivity contribution in [3.63, 3.8) is 0 Å². The lowest BCUT2D eigenvalue weighted by Crippen LogP contribution is -2.15. The fourth-order valence-electron chi connectivity index (χ4n) is 5.14. The Bertz CT molecular complexity index is 1440. The Labute approximate surface area is 221 Å². The van der Waals surface area contributed by atoms with Crippen LogP contribution < -0.4 is 5.32 Å². The minimum atomic E-state index is -0.388. The van der Waals surface area contributed by atoms with Gasteiger partial charge in [-0.05, 0) is 55.4 Å². The van der Waals surface area contributed by atoms with E-state index < -0.39 is 0 Å². The van der Waals surface area contributed by atoms with Gasteiger partial charge in [0.15, 0.2) is 0 Å². The van der Waals surface area contributed by atoms with Crippen molar-refractivity contribution in [2.45, 2.75) is 58.3 Å². The normalized spacial score (nSPS) is 13.5. The fraction of sp³-hybridized carbons (Fsp3) is 0.323. The van der Waals surface area contributed by atoms with Crippen molar-refractivity contribution in [2.75, 3.05) is 12.4 Å². The monoisotopic (exact) mass is 512 g/mol. The maximum Gasteiger partial charge on any atom is 0.341 e. The summed E-state index contributed by atoms with van der Waals surface area (Å²) in [5, 5.41) is 4.45. The van der Waals surface area contributed by atoms with Crippen LogP contribution >= 0.6 is 11.3 Å². The molecule has 5 rings (SSSR count). The molecule has 2 aromatic carbocycles. The third kappa shape index (κ3) is 5.30. The summed E-state index contributed by atoms with van der Waals surface area (Å²) in [6.45, 7) is 2.17. The van der Waals surface area contributed by atoms with Crippen LogP contribution in [0.2, 0.25) is 0 Å². The first-order valence-electron chi connectivity index (χ1n) is 13.1. The van der Waals surface area contributed by atoms with Crippen molar-refractivity contribution in [1.29, 1.82) is 0 Å². The lowest BCUT2D eigenvalue weighted by molar-refractivity contribution is 0.0601. The summed E-state index contributed by atoms with van der Waals surface area (Å²) >= 11 is 1.52. The molecule has 2 aromatic heterocycles. The molecule has 0 unspecified atom stereocenters. The molecule has 190 valence electrons. The number of carbonyl (C=O) groups excluding carboxylic acids is 2. The molecule has 1 aliphatic rings. The summed E-state index contributed by atoms with van der Waals surface area (Å²) in [5.74, 6) is -0.636. The molecule has 0 bridgehead atoms. The van der Waals surface area contributed by atoms with Gasteiger partial charge in [0.05, 0.1) is 29.4 Å². The Morgan fingerprint density at radius 3 is 2.51 bits per heavy atom. The third-order valence-corrected chi connectivity index (χ3v) is 8.24. The average Bonchev–Trinajstić information content (AvgIpc) is 3.23. The molecule has 6 heteroatoms. The minimum Gasteiger partial charge on any atom is -0.465 e. The summed E-state index contributed by atoms with van der Waals surface area (Å²) in [4.78, 5) is 32.6. The summed E-state index contributed by atoms with van der Waals surface area (Å²) in [6, 6.07) is 17.9. The van der Waals surface area contributed by atoms with Crippen LogP contribution in [-0.4, -0.2) is 24.0 Å². The first-order valence-corrected chi connectivity index (χ1v) is 13.9. The number of hydrogen-bond acceptors (Lipinski definition) is 5. The summed E-state index contributed by atoms with van der Waals surface area (Å²) < 4.78 is 5.14. The predicted octanol–water partition coefficient (Wildman–Crippen LogP) is 7.61. The van der Waals surface area contributed by atoms with Gasteiger partial charge in [0, 0.05) is 15.8 Å². The van der Waals surface area contributed by atoms with Gasteiger partial charge in [-0.1, -0.05) is 68.7 Å². The molecule has 1 N–H and O–H groups in total. The van der Waals surface area contributed by atoms with E-state index in [1.54, 1.807) is 0 Å². The zero-order valence-corrected chi connectivity index (χ0v) is 22.2. The number of nitrogens with one attached hydrogen (secondary N) is 1. The van der Waals surface area contributed by atoms with E-state index in [1.165, 1.54) is 35.3 Å². The molecular formula is C31H32N2O3S. The molecule has 0 spiro atoms. The number of benzene rings is 2. The van der Waals surface area contributed by atoms with E-state index in [9.17, 15) is 9.59 Å². The van der Waals surface area contributed by atoms with Gasteiger partial charge < -0.3 is 10.1 Å². The molecule has 1 amide bonds. The Balaban J connectivity index is 1.55. The van der Waals surface area contributed by atoms with Crippen LogP contribution in [0.3, 0.4) is 0 Å². The summed E-state index contributed by atoms with van der Waals surface area (Å²) in [6.07, 6.45) is 8.37. The Kier molecular flexibility index (Phi) is 7.65. The number of pyridine rings is 1. The average molecular weight is 513 g/mol. The highest BCUT2D eigenvalue weighted by Crippen LogP contribution is 2.38. The molecular weight excluding hydrogens is 480 g/mol. The number of rotatable bonds is 6. The maximum atomic E-state index is 13.8. The molecule has 0 saturated carbocycles.